The third-order valence-corrected chi connectivity index (χ3v) is 6.17. The Hall–Kier alpha value is -0.830. The number of nitrogens with one attached hydrogen (secondary N) is 1. The molecule has 4 atom stereocenters. The summed E-state index contributed by atoms with van der Waals surface area (Å²) in [5, 5.41) is 5.36. The molecule has 3 rings (SSSR count). The minimum absolute atomic E-state index is 0.247. The van der Waals surface area contributed by atoms with Crippen LogP contribution in [0.2, 0.25) is 0 Å². The standard InChI is InChI=1S/C17H25NOS/c1-12(16-11-13-7-8-14(16)10-13)18-17(19)6-2-4-15-5-3-9-20-15/h3,5,9,12-14,16H,2,4,6-8,10-11H2,1H3,(H,18,19)/t12-,13+,14+,16+/m1/s1. The summed E-state index contributed by atoms with van der Waals surface area (Å²) in [4.78, 5) is 13.4. The molecular formula is C17H25NOS. The molecule has 1 aromatic heterocycles. The van der Waals surface area contributed by atoms with Crippen molar-refractivity contribution in [2.24, 2.45) is 17.8 Å². The van der Waals surface area contributed by atoms with Crippen LogP contribution in [0.4, 0.5) is 0 Å². The molecule has 20 heavy (non-hydrogen) atoms. The highest BCUT2D eigenvalue weighted by Crippen LogP contribution is 2.49. The van der Waals surface area contributed by atoms with E-state index < -0.39 is 0 Å². The van der Waals surface area contributed by atoms with Gasteiger partial charge in [-0.05, 0) is 68.2 Å². The predicted molar refractivity (Wildman–Crippen MR) is 83.8 cm³/mol. The Balaban J connectivity index is 1.38. The average molecular weight is 291 g/mol. The van der Waals surface area contributed by atoms with Crippen LogP contribution in [-0.4, -0.2) is 11.9 Å². The molecule has 110 valence electrons. The van der Waals surface area contributed by atoms with Crippen LogP contribution in [0.15, 0.2) is 17.5 Å². The normalized spacial score (nSPS) is 29.6. The van der Waals surface area contributed by atoms with E-state index in [1.54, 1.807) is 11.3 Å². The highest BCUT2D eigenvalue weighted by Gasteiger charge is 2.41. The summed E-state index contributed by atoms with van der Waals surface area (Å²) in [6.45, 7) is 2.21. The van der Waals surface area contributed by atoms with E-state index in [1.165, 1.54) is 30.6 Å². The summed E-state index contributed by atoms with van der Waals surface area (Å²) >= 11 is 1.79. The van der Waals surface area contributed by atoms with Gasteiger partial charge in [0.25, 0.3) is 0 Å². The van der Waals surface area contributed by atoms with Gasteiger partial charge in [0, 0.05) is 17.3 Å². The summed E-state index contributed by atoms with van der Waals surface area (Å²) < 4.78 is 0. The largest absolute Gasteiger partial charge is 0.353 e. The molecule has 1 amide bonds. The lowest BCUT2D eigenvalue weighted by molar-refractivity contribution is -0.122. The van der Waals surface area contributed by atoms with Crippen LogP contribution in [0.1, 0.15) is 50.3 Å². The summed E-state index contributed by atoms with van der Waals surface area (Å²) in [6, 6.07) is 4.61. The second-order valence-corrected chi connectivity index (χ2v) is 7.66. The molecule has 0 saturated heterocycles. The van der Waals surface area contributed by atoms with Crippen LogP contribution < -0.4 is 5.32 Å². The number of hydrogen-bond acceptors (Lipinski definition) is 2. The minimum atomic E-state index is 0.247. The molecule has 1 heterocycles. The van der Waals surface area contributed by atoms with E-state index in [2.05, 4.69) is 29.8 Å². The molecule has 2 aliphatic carbocycles. The molecule has 2 bridgehead atoms. The molecule has 0 aromatic carbocycles. The fourth-order valence-electron chi connectivity index (χ4n) is 4.22. The first-order valence-corrected chi connectivity index (χ1v) is 8.92. The first-order valence-electron chi connectivity index (χ1n) is 8.04. The van der Waals surface area contributed by atoms with Gasteiger partial charge in [0.1, 0.15) is 0 Å². The third-order valence-electron chi connectivity index (χ3n) is 5.23. The number of aryl methyl sites for hydroxylation is 1. The molecule has 2 aliphatic rings. The van der Waals surface area contributed by atoms with E-state index in [1.807, 2.05) is 0 Å². The molecule has 2 nitrogen and oxygen atoms in total. The molecule has 3 heteroatoms. The van der Waals surface area contributed by atoms with E-state index in [-0.39, 0.29) is 5.91 Å². The molecule has 0 aliphatic heterocycles. The molecule has 2 saturated carbocycles. The van der Waals surface area contributed by atoms with Crippen molar-refractivity contribution < 1.29 is 4.79 Å². The lowest BCUT2D eigenvalue weighted by Crippen LogP contribution is -2.40. The first kappa shape index (κ1) is 14.1. The van der Waals surface area contributed by atoms with E-state index in [0.29, 0.717) is 12.5 Å². The number of rotatable bonds is 6. The maximum Gasteiger partial charge on any atom is 0.220 e. The van der Waals surface area contributed by atoms with Crippen molar-refractivity contribution in [3.63, 3.8) is 0 Å². The van der Waals surface area contributed by atoms with Gasteiger partial charge < -0.3 is 5.32 Å². The SMILES string of the molecule is C[C@@H](NC(=O)CCCc1cccs1)[C@@H]1C[C@H]2CC[C@H]1C2. The molecule has 0 spiro atoms. The summed E-state index contributed by atoms with van der Waals surface area (Å²) in [5.41, 5.74) is 0. The van der Waals surface area contributed by atoms with Crippen molar-refractivity contribution >= 4 is 17.2 Å². The highest BCUT2D eigenvalue weighted by molar-refractivity contribution is 7.09. The van der Waals surface area contributed by atoms with Gasteiger partial charge in [-0.2, -0.15) is 0 Å². The quantitative estimate of drug-likeness (QED) is 0.843. The van der Waals surface area contributed by atoms with Gasteiger partial charge in [-0.25, -0.2) is 0 Å². The number of carbonyl (C=O) groups is 1. The summed E-state index contributed by atoms with van der Waals surface area (Å²) in [7, 11) is 0. The van der Waals surface area contributed by atoms with E-state index in [0.717, 1.165) is 30.6 Å². The molecule has 1 aromatic rings. The molecule has 2 fully saturated rings. The number of carbonyl (C=O) groups excluding carboxylic acids is 1. The van der Waals surface area contributed by atoms with E-state index in [4.69, 9.17) is 0 Å². The second kappa shape index (κ2) is 6.30. The summed E-state index contributed by atoms with van der Waals surface area (Å²) in [6.07, 6.45) is 8.27. The van der Waals surface area contributed by atoms with E-state index in [9.17, 15) is 4.79 Å². The number of thiophene rings is 1. The smallest absolute Gasteiger partial charge is 0.220 e. The van der Waals surface area contributed by atoms with Crippen LogP contribution in [-0.2, 0) is 11.2 Å². The van der Waals surface area contributed by atoms with Crippen molar-refractivity contribution in [1.29, 1.82) is 0 Å². The van der Waals surface area contributed by atoms with Gasteiger partial charge in [0.05, 0.1) is 0 Å². The number of amides is 1. The monoisotopic (exact) mass is 291 g/mol. The topological polar surface area (TPSA) is 29.1 Å². The fourth-order valence-corrected chi connectivity index (χ4v) is 4.97. The molecule has 1 N–H and O–H groups in total. The Labute approximate surface area is 126 Å². The number of fused-ring (bicyclic) bond motifs is 2. The van der Waals surface area contributed by atoms with Crippen LogP contribution in [0.5, 0.6) is 0 Å². The van der Waals surface area contributed by atoms with Crippen molar-refractivity contribution in [2.45, 2.75) is 57.9 Å². The van der Waals surface area contributed by atoms with E-state index >= 15 is 0 Å². The van der Waals surface area contributed by atoms with Gasteiger partial charge in [0.15, 0.2) is 0 Å². The van der Waals surface area contributed by atoms with Gasteiger partial charge in [-0.1, -0.05) is 12.5 Å². The van der Waals surface area contributed by atoms with Crippen molar-refractivity contribution in [3.8, 4) is 0 Å². The van der Waals surface area contributed by atoms with Crippen LogP contribution in [0.3, 0.4) is 0 Å². The maximum atomic E-state index is 12.0. The Morgan fingerprint density at radius 1 is 1.45 bits per heavy atom. The Kier molecular flexibility index (Phi) is 4.45. The first-order chi connectivity index (χ1) is 9.72. The van der Waals surface area contributed by atoms with Crippen LogP contribution >= 0.6 is 11.3 Å². The molecule has 0 radical (unpaired) electrons. The minimum Gasteiger partial charge on any atom is -0.353 e. The Morgan fingerprint density at radius 2 is 2.35 bits per heavy atom. The fraction of sp³-hybridized carbons (Fsp3) is 0.706. The second-order valence-electron chi connectivity index (χ2n) is 6.63. The average Bonchev–Trinajstić information content (AvgIpc) is 3.15. The van der Waals surface area contributed by atoms with Gasteiger partial charge >= 0.3 is 0 Å². The van der Waals surface area contributed by atoms with Crippen LogP contribution in [0.25, 0.3) is 0 Å². The number of hydrogen-bond donors (Lipinski definition) is 1. The molecular weight excluding hydrogens is 266 g/mol. The summed E-state index contributed by atoms with van der Waals surface area (Å²) in [5.74, 6) is 2.84. The lowest BCUT2D eigenvalue weighted by atomic mass is 9.84. The zero-order valence-corrected chi connectivity index (χ0v) is 13.1. The zero-order valence-electron chi connectivity index (χ0n) is 12.3. The van der Waals surface area contributed by atoms with Gasteiger partial charge in [-0.3, -0.25) is 4.79 Å². The lowest BCUT2D eigenvalue weighted by Gasteiger charge is -2.28. The third kappa shape index (κ3) is 3.25. The maximum absolute atomic E-state index is 12.0. The van der Waals surface area contributed by atoms with Gasteiger partial charge in [0.2, 0.25) is 5.91 Å². The Morgan fingerprint density at radius 3 is 3.00 bits per heavy atom. The van der Waals surface area contributed by atoms with Crippen molar-refractivity contribution in [1.82, 2.24) is 5.32 Å². The molecule has 0 unspecified atom stereocenters. The van der Waals surface area contributed by atoms with Crippen molar-refractivity contribution in [3.05, 3.63) is 22.4 Å². The van der Waals surface area contributed by atoms with Gasteiger partial charge in [-0.15, -0.1) is 11.3 Å². The Bertz CT molecular complexity index is 442. The van der Waals surface area contributed by atoms with Crippen LogP contribution in [0, 0.1) is 17.8 Å². The predicted octanol–water partition coefficient (Wildman–Crippen LogP) is 4.01. The zero-order chi connectivity index (χ0) is 13.9. The van der Waals surface area contributed by atoms with Crippen molar-refractivity contribution in [2.75, 3.05) is 0 Å². The highest BCUT2D eigenvalue weighted by atomic mass is 32.1.